The molecule has 1 amide bonds. The number of benzene rings is 2. The molecule has 1 N–H and O–H groups in total. The Balaban J connectivity index is 1.40. The minimum absolute atomic E-state index is 0.0242. The van der Waals surface area contributed by atoms with Crippen LogP contribution in [0.25, 0.3) is 21.7 Å². The molecule has 0 saturated heterocycles. The van der Waals surface area contributed by atoms with Crippen molar-refractivity contribution >= 4 is 33.6 Å². The van der Waals surface area contributed by atoms with E-state index in [9.17, 15) is 22.8 Å². The molecule has 1 aliphatic rings. The van der Waals surface area contributed by atoms with E-state index in [-0.39, 0.29) is 23.4 Å². The molecule has 0 bridgehead atoms. The average Bonchev–Trinajstić information content (AvgIpc) is 3.33. The van der Waals surface area contributed by atoms with Crippen molar-refractivity contribution in [3.63, 3.8) is 0 Å². The molecule has 0 aliphatic heterocycles. The first-order valence-electron chi connectivity index (χ1n) is 12.6. The molecule has 0 radical (unpaired) electrons. The number of carbonyl (C=O) groups is 2. The van der Waals surface area contributed by atoms with Gasteiger partial charge in [0.05, 0.1) is 41.9 Å². The summed E-state index contributed by atoms with van der Waals surface area (Å²) in [6, 6.07) is 13.3. The van der Waals surface area contributed by atoms with Crippen LogP contribution in [0, 0.1) is 11.8 Å². The highest BCUT2D eigenvalue weighted by molar-refractivity contribution is 6.06. The second-order valence-electron chi connectivity index (χ2n) is 9.88. The van der Waals surface area contributed by atoms with E-state index >= 15 is 0 Å². The number of esters is 1. The Morgan fingerprint density at radius 3 is 2.47 bits per heavy atom. The number of amides is 1. The molecule has 1 fully saturated rings. The van der Waals surface area contributed by atoms with E-state index in [1.165, 1.54) is 7.11 Å². The molecule has 1 aliphatic carbocycles. The standard InChI is InChI=1S/C29H28F3N3O3/c1-38-28(37)19-8-6-18(7-9-19)15-34-27(36)25-14-23(29(30,31)32)12-21-10-11-35(26(21)25)17-24-13-20-4-2-3-5-22(20)16-33-24/h2-5,10-14,16,18-19H,6-9,15,17H2,1H3,(H,34,36)/t18-,19-. The number of fused-ring (bicyclic) bond motifs is 2. The van der Waals surface area contributed by atoms with E-state index < -0.39 is 17.6 Å². The molecule has 5 rings (SSSR count). The zero-order chi connectivity index (χ0) is 26.9. The molecule has 2 heterocycles. The van der Waals surface area contributed by atoms with E-state index in [2.05, 4.69) is 10.3 Å². The van der Waals surface area contributed by atoms with Gasteiger partial charge in [-0.25, -0.2) is 0 Å². The van der Waals surface area contributed by atoms with E-state index in [1.54, 1.807) is 23.0 Å². The van der Waals surface area contributed by atoms with Crippen LogP contribution in [-0.2, 0) is 22.3 Å². The van der Waals surface area contributed by atoms with Crippen LogP contribution < -0.4 is 5.32 Å². The third-order valence-corrected chi connectivity index (χ3v) is 7.39. The SMILES string of the molecule is COC(=O)[C@H]1CC[C@H](CNC(=O)c2cc(C(F)(F)F)cc3ccn(Cc4cc5ccccc5cn4)c23)CC1. The number of pyridine rings is 1. The molecule has 0 atom stereocenters. The lowest BCUT2D eigenvalue weighted by Crippen LogP contribution is -2.33. The zero-order valence-corrected chi connectivity index (χ0v) is 20.9. The first-order valence-corrected chi connectivity index (χ1v) is 12.6. The second-order valence-corrected chi connectivity index (χ2v) is 9.88. The summed E-state index contributed by atoms with van der Waals surface area (Å²) in [5.41, 5.74) is 0.272. The molecule has 9 heteroatoms. The summed E-state index contributed by atoms with van der Waals surface area (Å²) < 4.78 is 47.6. The predicted molar refractivity (Wildman–Crippen MR) is 138 cm³/mol. The summed E-state index contributed by atoms with van der Waals surface area (Å²) in [5, 5.41) is 5.19. The van der Waals surface area contributed by atoms with Crippen molar-refractivity contribution in [2.45, 2.75) is 38.4 Å². The number of rotatable bonds is 6. The number of carbonyl (C=O) groups excluding carboxylic acids is 2. The number of alkyl halides is 3. The number of ether oxygens (including phenoxy) is 1. The van der Waals surface area contributed by atoms with Gasteiger partial charge >= 0.3 is 12.1 Å². The average molecular weight is 524 g/mol. The Hall–Kier alpha value is -3.88. The Kier molecular flexibility index (Phi) is 7.10. The number of nitrogens with zero attached hydrogens (tertiary/aromatic N) is 2. The van der Waals surface area contributed by atoms with Crippen LogP contribution in [0.4, 0.5) is 13.2 Å². The van der Waals surface area contributed by atoms with Gasteiger partial charge in [0.1, 0.15) is 0 Å². The maximum Gasteiger partial charge on any atom is 0.416 e. The van der Waals surface area contributed by atoms with Gasteiger partial charge in [-0.2, -0.15) is 13.2 Å². The fourth-order valence-electron chi connectivity index (χ4n) is 5.31. The topological polar surface area (TPSA) is 73.2 Å². The predicted octanol–water partition coefficient (Wildman–Crippen LogP) is 5.97. The van der Waals surface area contributed by atoms with Gasteiger partial charge in [-0.05, 0) is 61.3 Å². The van der Waals surface area contributed by atoms with Gasteiger partial charge in [0.15, 0.2) is 0 Å². The Morgan fingerprint density at radius 1 is 1.03 bits per heavy atom. The van der Waals surface area contributed by atoms with E-state index in [1.807, 2.05) is 30.3 Å². The van der Waals surface area contributed by atoms with Crippen molar-refractivity contribution in [3.05, 3.63) is 77.7 Å². The van der Waals surface area contributed by atoms with Crippen LogP contribution in [0.5, 0.6) is 0 Å². The molecule has 198 valence electrons. The lowest BCUT2D eigenvalue weighted by molar-refractivity contribution is -0.146. The summed E-state index contributed by atoms with van der Waals surface area (Å²) >= 11 is 0. The fourth-order valence-corrected chi connectivity index (χ4v) is 5.31. The van der Waals surface area contributed by atoms with Crippen molar-refractivity contribution in [2.75, 3.05) is 13.7 Å². The zero-order valence-electron chi connectivity index (χ0n) is 20.9. The normalized spacial score (nSPS) is 18.0. The van der Waals surface area contributed by atoms with Gasteiger partial charge in [-0.15, -0.1) is 0 Å². The van der Waals surface area contributed by atoms with E-state index in [0.717, 1.165) is 41.4 Å². The highest BCUT2D eigenvalue weighted by Gasteiger charge is 2.33. The van der Waals surface area contributed by atoms with Gasteiger partial charge < -0.3 is 14.6 Å². The quantitative estimate of drug-likeness (QED) is 0.316. The van der Waals surface area contributed by atoms with Crippen LogP contribution in [0.15, 0.2) is 60.9 Å². The number of nitrogens with one attached hydrogen (secondary N) is 1. The van der Waals surface area contributed by atoms with Gasteiger partial charge in [0.25, 0.3) is 5.91 Å². The first kappa shape index (κ1) is 25.8. The van der Waals surface area contributed by atoms with Crippen LogP contribution >= 0.6 is 0 Å². The molecular weight excluding hydrogens is 495 g/mol. The van der Waals surface area contributed by atoms with Crippen molar-refractivity contribution in [1.82, 2.24) is 14.9 Å². The lowest BCUT2D eigenvalue weighted by Gasteiger charge is -2.27. The van der Waals surface area contributed by atoms with Crippen LogP contribution in [0.3, 0.4) is 0 Å². The van der Waals surface area contributed by atoms with Crippen LogP contribution in [0.1, 0.15) is 47.3 Å². The summed E-state index contributed by atoms with van der Waals surface area (Å²) in [4.78, 5) is 29.6. The number of hydrogen-bond acceptors (Lipinski definition) is 4. The summed E-state index contributed by atoms with van der Waals surface area (Å²) in [7, 11) is 1.37. The Morgan fingerprint density at radius 2 is 1.76 bits per heavy atom. The Bertz CT molecular complexity index is 1490. The molecule has 2 aromatic heterocycles. The fraction of sp³-hybridized carbons (Fsp3) is 0.345. The first-order chi connectivity index (χ1) is 18.2. The van der Waals surface area contributed by atoms with E-state index in [0.29, 0.717) is 36.8 Å². The number of halogens is 3. The maximum atomic E-state index is 13.7. The molecule has 6 nitrogen and oxygen atoms in total. The molecule has 1 saturated carbocycles. The third-order valence-electron chi connectivity index (χ3n) is 7.39. The van der Waals surface area contributed by atoms with Gasteiger partial charge in [0, 0.05) is 29.7 Å². The molecule has 0 spiro atoms. The molecule has 38 heavy (non-hydrogen) atoms. The molecule has 2 aromatic carbocycles. The van der Waals surface area contributed by atoms with Crippen LogP contribution in [0.2, 0.25) is 0 Å². The minimum atomic E-state index is -4.59. The van der Waals surface area contributed by atoms with Crippen molar-refractivity contribution < 1.29 is 27.5 Å². The smallest absolute Gasteiger partial charge is 0.416 e. The number of methoxy groups -OCH3 is 1. The van der Waals surface area contributed by atoms with Gasteiger partial charge in [0.2, 0.25) is 0 Å². The van der Waals surface area contributed by atoms with Crippen molar-refractivity contribution in [1.29, 1.82) is 0 Å². The second kappa shape index (κ2) is 10.5. The lowest BCUT2D eigenvalue weighted by atomic mass is 9.82. The van der Waals surface area contributed by atoms with E-state index in [4.69, 9.17) is 4.74 Å². The Labute approximate surface area is 217 Å². The monoisotopic (exact) mass is 523 g/mol. The molecular formula is C29H28F3N3O3. The highest BCUT2D eigenvalue weighted by Crippen LogP contribution is 2.34. The number of aromatic nitrogens is 2. The summed E-state index contributed by atoms with van der Waals surface area (Å²) in [6.45, 7) is 0.634. The summed E-state index contributed by atoms with van der Waals surface area (Å²) in [5.74, 6) is -0.764. The largest absolute Gasteiger partial charge is 0.469 e. The van der Waals surface area contributed by atoms with Gasteiger partial charge in [-0.3, -0.25) is 14.6 Å². The molecule has 0 unspecified atom stereocenters. The van der Waals surface area contributed by atoms with Gasteiger partial charge in [-0.1, -0.05) is 24.3 Å². The minimum Gasteiger partial charge on any atom is -0.469 e. The molecule has 4 aromatic rings. The van der Waals surface area contributed by atoms with Crippen molar-refractivity contribution in [2.24, 2.45) is 11.8 Å². The van der Waals surface area contributed by atoms with Crippen molar-refractivity contribution in [3.8, 4) is 0 Å². The van der Waals surface area contributed by atoms with Crippen LogP contribution in [-0.4, -0.2) is 35.1 Å². The maximum absolute atomic E-state index is 13.7. The summed E-state index contributed by atoms with van der Waals surface area (Å²) in [6.07, 6.45) is 1.68. The highest BCUT2D eigenvalue weighted by atomic mass is 19.4. The third kappa shape index (κ3) is 5.37. The number of hydrogen-bond donors (Lipinski definition) is 1.